The summed E-state index contributed by atoms with van der Waals surface area (Å²) in [5, 5.41) is 10.2. The lowest BCUT2D eigenvalue weighted by atomic mass is 10.2. The number of hydrogen-bond donors (Lipinski definition) is 1. The van der Waals surface area contributed by atoms with E-state index in [1.807, 2.05) is 19.1 Å². The number of halogens is 1. The van der Waals surface area contributed by atoms with Crippen LogP contribution in [0.5, 0.6) is 0 Å². The van der Waals surface area contributed by atoms with Gasteiger partial charge in [0, 0.05) is 44.3 Å². The van der Waals surface area contributed by atoms with Crippen LogP contribution < -0.4 is 0 Å². The molecular weight excluding hydrogens is 248 g/mol. The molecular formula is C14H21ClN2O. The van der Waals surface area contributed by atoms with Crippen LogP contribution in [0, 0.1) is 0 Å². The zero-order chi connectivity index (χ0) is 13.0. The number of β-amino-alcohol motifs (C(OH)–C–C–N with tert-alkyl or cyclic N) is 1. The van der Waals surface area contributed by atoms with E-state index in [1.54, 1.807) is 0 Å². The van der Waals surface area contributed by atoms with Crippen LogP contribution in [0.4, 0.5) is 0 Å². The summed E-state index contributed by atoms with van der Waals surface area (Å²) in [6.07, 6.45) is -0.229. The van der Waals surface area contributed by atoms with Crippen LogP contribution in [0.3, 0.4) is 0 Å². The van der Waals surface area contributed by atoms with Gasteiger partial charge in [-0.1, -0.05) is 23.7 Å². The number of rotatable bonds is 4. The predicted molar refractivity (Wildman–Crippen MR) is 74.8 cm³/mol. The third-order valence-electron chi connectivity index (χ3n) is 3.31. The Kier molecular flexibility index (Phi) is 5.01. The monoisotopic (exact) mass is 268 g/mol. The number of aliphatic hydroxyl groups is 1. The summed E-state index contributed by atoms with van der Waals surface area (Å²) in [5.74, 6) is 0. The molecule has 100 valence electrons. The molecule has 0 amide bonds. The quantitative estimate of drug-likeness (QED) is 0.903. The molecule has 0 bridgehead atoms. The molecule has 1 aromatic rings. The highest BCUT2D eigenvalue weighted by molar-refractivity contribution is 6.30. The van der Waals surface area contributed by atoms with Gasteiger partial charge in [0.05, 0.1) is 6.10 Å². The molecule has 1 heterocycles. The van der Waals surface area contributed by atoms with Gasteiger partial charge in [-0.05, 0) is 24.6 Å². The van der Waals surface area contributed by atoms with E-state index in [-0.39, 0.29) is 6.10 Å². The third-order valence-corrected chi connectivity index (χ3v) is 3.56. The normalized spacial score (nSPS) is 19.9. The van der Waals surface area contributed by atoms with E-state index in [2.05, 4.69) is 21.9 Å². The van der Waals surface area contributed by atoms with Crippen molar-refractivity contribution in [1.82, 2.24) is 9.80 Å². The first kappa shape index (κ1) is 13.8. The summed E-state index contributed by atoms with van der Waals surface area (Å²) in [7, 11) is 0. The van der Waals surface area contributed by atoms with Gasteiger partial charge in [-0.25, -0.2) is 0 Å². The van der Waals surface area contributed by atoms with E-state index in [4.69, 9.17) is 11.6 Å². The van der Waals surface area contributed by atoms with E-state index >= 15 is 0 Å². The van der Waals surface area contributed by atoms with Gasteiger partial charge in [-0.2, -0.15) is 0 Å². The second-order valence-electron chi connectivity index (χ2n) is 5.05. The van der Waals surface area contributed by atoms with E-state index in [9.17, 15) is 5.11 Å². The molecule has 2 rings (SSSR count). The maximum atomic E-state index is 9.36. The standard InChI is InChI=1S/C14H21ClN2O/c1-12(18)10-16-6-8-17(9-7-16)11-13-2-4-14(15)5-3-13/h2-5,12,18H,6-11H2,1H3. The minimum atomic E-state index is -0.229. The zero-order valence-corrected chi connectivity index (χ0v) is 11.6. The molecule has 0 aliphatic carbocycles. The Labute approximate surface area is 114 Å². The van der Waals surface area contributed by atoms with Crippen LogP contribution in [0.25, 0.3) is 0 Å². The second kappa shape index (κ2) is 6.53. The molecule has 1 fully saturated rings. The van der Waals surface area contributed by atoms with Gasteiger partial charge in [0.2, 0.25) is 0 Å². The first-order valence-corrected chi connectivity index (χ1v) is 6.88. The zero-order valence-electron chi connectivity index (χ0n) is 10.8. The Morgan fingerprint density at radius 3 is 2.22 bits per heavy atom. The molecule has 1 aliphatic rings. The molecule has 0 saturated carbocycles. The maximum Gasteiger partial charge on any atom is 0.0639 e. The van der Waals surface area contributed by atoms with Gasteiger partial charge in [-0.15, -0.1) is 0 Å². The van der Waals surface area contributed by atoms with Crippen LogP contribution in [-0.4, -0.2) is 53.7 Å². The lowest BCUT2D eigenvalue weighted by molar-refractivity contribution is 0.0781. The van der Waals surface area contributed by atoms with Crippen molar-refractivity contribution in [2.24, 2.45) is 0 Å². The van der Waals surface area contributed by atoms with Crippen LogP contribution in [0.15, 0.2) is 24.3 Å². The van der Waals surface area contributed by atoms with Crippen LogP contribution in [0.1, 0.15) is 12.5 Å². The van der Waals surface area contributed by atoms with Crippen molar-refractivity contribution < 1.29 is 5.11 Å². The average molecular weight is 269 g/mol. The highest BCUT2D eigenvalue weighted by Crippen LogP contribution is 2.12. The molecule has 1 N–H and O–H groups in total. The highest BCUT2D eigenvalue weighted by atomic mass is 35.5. The Morgan fingerprint density at radius 1 is 1.11 bits per heavy atom. The van der Waals surface area contributed by atoms with Crippen molar-refractivity contribution in [2.45, 2.75) is 19.6 Å². The van der Waals surface area contributed by atoms with Gasteiger partial charge >= 0.3 is 0 Å². The molecule has 18 heavy (non-hydrogen) atoms. The van der Waals surface area contributed by atoms with Gasteiger partial charge in [0.25, 0.3) is 0 Å². The van der Waals surface area contributed by atoms with Crippen LogP contribution in [-0.2, 0) is 6.54 Å². The van der Waals surface area contributed by atoms with Gasteiger partial charge in [0.15, 0.2) is 0 Å². The number of hydrogen-bond acceptors (Lipinski definition) is 3. The molecule has 0 radical (unpaired) electrons. The van der Waals surface area contributed by atoms with Crippen molar-refractivity contribution in [2.75, 3.05) is 32.7 Å². The summed E-state index contributed by atoms with van der Waals surface area (Å²) >= 11 is 5.88. The van der Waals surface area contributed by atoms with Gasteiger partial charge in [-0.3, -0.25) is 9.80 Å². The fraction of sp³-hybridized carbons (Fsp3) is 0.571. The largest absolute Gasteiger partial charge is 0.392 e. The molecule has 1 atom stereocenters. The summed E-state index contributed by atoms with van der Waals surface area (Å²) in [6, 6.07) is 8.07. The molecule has 0 spiro atoms. The SMILES string of the molecule is CC(O)CN1CCN(Cc2ccc(Cl)cc2)CC1. The van der Waals surface area contributed by atoms with E-state index in [0.29, 0.717) is 0 Å². The number of piperazine rings is 1. The first-order valence-electron chi connectivity index (χ1n) is 6.51. The third kappa shape index (κ3) is 4.25. The lowest BCUT2D eigenvalue weighted by Gasteiger charge is -2.35. The van der Waals surface area contributed by atoms with Crippen molar-refractivity contribution in [3.05, 3.63) is 34.9 Å². The maximum absolute atomic E-state index is 9.36. The van der Waals surface area contributed by atoms with Crippen molar-refractivity contribution in [3.8, 4) is 0 Å². The number of aliphatic hydroxyl groups excluding tert-OH is 1. The fourth-order valence-corrected chi connectivity index (χ4v) is 2.48. The molecule has 1 saturated heterocycles. The Hall–Kier alpha value is -0.610. The fourth-order valence-electron chi connectivity index (χ4n) is 2.35. The molecule has 4 heteroatoms. The number of nitrogens with zero attached hydrogens (tertiary/aromatic N) is 2. The smallest absolute Gasteiger partial charge is 0.0639 e. The lowest BCUT2D eigenvalue weighted by Crippen LogP contribution is -2.47. The predicted octanol–water partition coefficient (Wildman–Crippen LogP) is 1.84. The summed E-state index contributed by atoms with van der Waals surface area (Å²) < 4.78 is 0. The summed E-state index contributed by atoms with van der Waals surface area (Å²) in [4.78, 5) is 4.77. The minimum absolute atomic E-state index is 0.229. The van der Waals surface area contributed by atoms with E-state index in [0.717, 1.165) is 44.3 Å². The Morgan fingerprint density at radius 2 is 1.67 bits per heavy atom. The molecule has 1 aliphatic heterocycles. The van der Waals surface area contributed by atoms with Gasteiger partial charge in [0.1, 0.15) is 0 Å². The average Bonchev–Trinajstić information content (AvgIpc) is 2.34. The second-order valence-corrected chi connectivity index (χ2v) is 5.49. The minimum Gasteiger partial charge on any atom is -0.392 e. The van der Waals surface area contributed by atoms with Crippen molar-refractivity contribution >= 4 is 11.6 Å². The summed E-state index contributed by atoms with van der Waals surface area (Å²) in [6.45, 7) is 7.83. The Balaban J connectivity index is 1.78. The van der Waals surface area contributed by atoms with Gasteiger partial charge < -0.3 is 5.11 Å². The molecule has 0 aromatic heterocycles. The van der Waals surface area contributed by atoms with Crippen molar-refractivity contribution in [3.63, 3.8) is 0 Å². The van der Waals surface area contributed by atoms with E-state index in [1.165, 1.54) is 5.56 Å². The molecule has 1 aromatic carbocycles. The van der Waals surface area contributed by atoms with E-state index < -0.39 is 0 Å². The topological polar surface area (TPSA) is 26.7 Å². The molecule has 3 nitrogen and oxygen atoms in total. The Bertz CT molecular complexity index is 359. The first-order chi connectivity index (χ1) is 8.63. The van der Waals surface area contributed by atoms with Crippen LogP contribution in [0.2, 0.25) is 5.02 Å². The summed E-state index contributed by atoms with van der Waals surface area (Å²) in [5.41, 5.74) is 1.31. The molecule has 1 unspecified atom stereocenters. The highest BCUT2D eigenvalue weighted by Gasteiger charge is 2.17. The van der Waals surface area contributed by atoms with Crippen LogP contribution >= 0.6 is 11.6 Å². The number of benzene rings is 1. The van der Waals surface area contributed by atoms with Crippen molar-refractivity contribution in [1.29, 1.82) is 0 Å².